The van der Waals surface area contributed by atoms with Crippen LogP contribution in [0.15, 0.2) is 46.6 Å². The van der Waals surface area contributed by atoms with Crippen molar-refractivity contribution in [1.29, 1.82) is 0 Å². The largest absolute Gasteiger partial charge is 0.507 e. The Morgan fingerprint density at radius 3 is 2.59 bits per heavy atom. The quantitative estimate of drug-likeness (QED) is 0.411. The highest BCUT2D eigenvalue weighted by Gasteiger charge is 2.18. The second-order valence-electron chi connectivity index (χ2n) is 6.25. The number of nitrogens with one attached hydrogen (secondary N) is 2. The summed E-state index contributed by atoms with van der Waals surface area (Å²) >= 11 is 7.69. The fourth-order valence-corrected chi connectivity index (χ4v) is 4.32. The van der Waals surface area contributed by atoms with E-state index in [0.717, 1.165) is 21.9 Å². The molecule has 7 heteroatoms. The summed E-state index contributed by atoms with van der Waals surface area (Å²) < 4.78 is 0.626. The van der Waals surface area contributed by atoms with Crippen LogP contribution in [0.1, 0.15) is 18.5 Å². The molecule has 1 atom stereocenters. The highest BCUT2D eigenvalue weighted by atomic mass is 35.5. The summed E-state index contributed by atoms with van der Waals surface area (Å²) in [6.45, 7) is 2.09. The second kappa shape index (κ2) is 7.52. The van der Waals surface area contributed by atoms with E-state index in [2.05, 4.69) is 17.2 Å². The van der Waals surface area contributed by atoms with E-state index >= 15 is 0 Å². The third-order valence-corrected chi connectivity index (χ3v) is 5.98. The number of H-pyrrole nitrogens is 1. The van der Waals surface area contributed by atoms with Crippen molar-refractivity contribution in [3.8, 4) is 16.9 Å². The number of aromatic amines is 1. The van der Waals surface area contributed by atoms with E-state index in [4.69, 9.17) is 11.6 Å². The third kappa shape index (κ3) is 3.21. The Morgan fingerprint density at radius 1 is 1.22 bits per heavy atom. The monoisotopic (exact) mass is 420 g/mol. The maximum absolute atomic E-state index is 12.3. The van der Waals surface area contributed by atoms with Gasteiger partial charge in [-0.25, -0.2) is 0 Å². The van der Waals surface area contributed by atoms with Crippen LogP contribution in [0, 0.1) is 0 Å². The van der Waals surface area contributed by atoms with Gasteiger partial charge in [-0.1, -0.05) is 35.9 Å². The molecule has 0 saturated carbocycles. The van der Waals surface area contributed by atoms with Crippen LogP contribution in [0.5, 0.6) is 5.75 Å². The van der Waals surface area contributed by atoms with Gasteiger partial charge in [0.15, 0.2) is 0 Å². The molecule has 3 N–H and O–H groups in total. The fraction of sp³-hybridized carbons (Fsp3) is 0.150. The summed E-state index contributed by atoms with van der Waals surface area (Å²) in [6.07, 6.45) is 0. The third-order valence-electron chi connectivity index (χ3n) is 4.77. The summed E-state index contributed by atoms with van der Waals surface area (Å²) in [5.74, 6) is 0.0939. The van der Waals surface area contributed by atoms with Gasteiger partial charge < -0.3 is 15.4 Å². The first-order valence-corrected chi connectivity index (χ1v) is 9.49. The van der Waals surface area contributed by atoms with Crippen LogP contribution in [-0.2, 0) is 0 Å². The molecule has 27 heavy (non-hydrogen) atoms. The van der Waals surface area contributed by atoms with Crippen molar-refractivity contribution >= 4 is 56.3 Å². The Hall–Kier alpha value is -2.05. The molecule has 0 aliphatic rings. The molecule has 2 heterocycles. The predicted octanol–water partition coefficient (Wildman–Crippen LogP) is 5.47. The molecule has 0 aliphatic carbocycles. The zero-order chi connectivity index (χ0) is 18.4. The van der Waals surface area contributed by atoms with Gasteiger partial charge in [0.1, 0.15) is 10.4 Å². The van der Waals surface area contributed by atoms with Crippen LogP contribution in [0.4, 0.5) is 0 Å². The van der Waals surface area contributed by atoms with Gasteiger partial charge in [-0.05, 0) is 36.5 Å². The van der Waals surface area contributed by atoms with Crippen molar-refractivity contribution in [2.24, 2.45) is 0 Å². The minimum absolute atomic E-state index is 0. The number of aromatic hydroxyl groups is 1. The van der Waals surface area contributed by atoms with Crippen LogP contribution in [0.3, 0.4) is 0 Å². The van der Waals surface area contributed by atoms with Gasteiger partial charge in [0.2, 0.25) is 0 Å². The molecular formula is C20H18Cl2N2O2S. The normalized spacial score (nSPS) is 12.3. The second-order valence-corrected chi connectivity index (χ2v) is 7.58. The van der Waals surface area contributed by atoms with Gasteiger partial charge in [-0.15, -0.1) is 23.7 Å². The molecular weight excluding hydrogens is 403 g/mol. The van der Waals surface area contributed by atoms with Crippen molar-refractivity contribution in [2.45, 2.75) is 13.0 Å². The summed E-state index contributed by atoms with van der Waals surface area (Å²) in [6, 6.07) is 11.6. The zero-order valence-corrected chi connectivity index (χ0v) is 17.1. The first-order chi connectivity index (χ1) is 12.5. The molecule has 0 spiro atoms. The number of hydrogen-bond donors (Lipinski definition) is 3. The van der Waals surface area contributed by atoms with Gasteiger partial charge in [-0.3, -0.25) is 4.79 Å². The predicted molar refractivity (Wildman–Crippen MR) is 117 cm³/mol. The van der Waals surface area contributed by atoms with E-state index in [1.807, 2.05) is 42.8 Å². The number of hydrogen-bond acceptors (Lipinski definition) is 4. The maximum atomic E-state index is 12.3. The number of benzene rings is 2. The van der Waals surface area contributed by atoms with Crippen LogP contribution < -0.4 is 10.9 Å². The molecule has 0 saturated heterocycles. The lowest BCUT2D eigenvalue weighted by Gasteiger charge is -2.14. The van der Waals surface area contributed by atoms with Crippen LogP contribution >= 0.6 is 35.3 Å². The first kappa shape index (κ1) is 19.7. The molecule has 2 aromatic carbocycles. The van der Waals surface area contributed by atoms with Crippen LogP contribution in [0.25, 0.3) is 32.1 Å². The molecule has 4 aromatic rings. The minimum atomic E-state index is -0.167. The molecule has 0 fully saturated rings. The molecule has 1 unspecified atom stereocenters. The summed E-state index contributed by atoms with van der Waals surface area (Å²) in [5.41, 5.74) is 3.08. The number of thiophene rings is 1. The molecule has 0 radical (unpaired) electrons. The molecule has 0 bridgehead atoms. The Bertz CT molecular complexity index is 1180. The molecule has 140 valence electrons. The molecule has 4 nitrogen and oxygen atoms in total. The Morgan fingerprint density at radius 2 is 1.93 bits per heavy atom. The van der Waals surface area contributed by atoms with Gasteiger partial charge in [0.05, 0.1) is 10.5 Å². The zero-order valence-electron chi connectivity index (χ0n) is 14.7. The van der Waals surface area contributed by atoms with E-state index < -0.39 is 0 Å². The smallest absolute Gasteiger partial charge is 0.266 e. The number of halogens is 2. The fourth-order valence-electron chi connectivity index (χ4n) is 3.28. The van der Waals surface area contributed by atoms with Gasteiger partial charge in [-0.2, -0.15) is 0 Å². The molecule has 0 amide bonds. The Kier molecular flexibility index (Phi) is 5.49. The number of fused-ring (bicyclic) bond motifs is 3. The van der Waals surface area contributed by atoms with Gasteiger partial charge >= 0.3 is 0 Å². The average Bonchev–Trinajstić information content (AvgIpc) is 3.13. The molecule has 0 aliphatic heterocycles. The van der Waals surface area contributed by atoms with Gasteiger partial charge in [0.25, 0.3) is 5.56 Å². The highest BCUT2D eigenvalue weighted by Crippen LogP contribution is 2.42. The van der Waals surface area contributed by atoms with Crippen molar-refractivity contribution in [3.05, 3.63) is 62.7 Å². The highest BCUT2D eigenvalue weighted by molar-refractivity contribution is 7.17. The topological polar surface area (TPSA) is 65.1 Å². The average molecular weight is 421 g/mol. The van der Waals surface area contributed by atoms with E-state index in [1.165, 1.54) is 17.4 Å². The lowest BCUT2D eigenvalue weighted by molar-refractivity contribution is 0.478. The van der Waals surface area contributed by atoms with E-state index in [1.54, 1.807) is 0 Å². The Balaban J connectivity index is 0.00000210. The van der Waals surface area contributed by atoms with Crippen molar-refractivity contribution in [3.63, 3.8) is 0 Å². The van der Waals surface area contributed by atoms with Crippen molar-refractivity contribution in [1.82, 2.24) is 10.3 Å². The Labute approximate surface area is 171 Å². The van der Waals surface area contributed by atoms with Crippen molar-refractivity contribution < 1.29 is 5.11 Å². The maximum Gasteiger partial charge on any atom is 0.266 e. The summed E-state index contributed by atoms with van der Waals surface area (Å²) in [7, 11) is 1.92. The van der Waals surface area contributed by atoms with E-state index in [-0.39, 0.29) is 29.8 Å². The molecule has 4 rings (SSSR count). The number of phenolic OH excluding ortho intramolecular Hbond substituents is 1. The number of phenols is 1. The first-order valence-electron chi connectivity index (χ1n) is 8.23. The SMILES string of the molecule is CNC(C)c1ccc(-c2c(O)cc(Cl)c3[nH]c(=O)c4sccc4c23)cc1.Cl. The lowest BCUT2D eigenvalue weighted by Crippen LogP contribution is -2.11. The molecule has 2 aromatic heterocycles. The number of aromatic nitrogens is 1. The van der Waals surface area contributed by atoms with E-state index in [0.29, 0.717) is 20.8 Å². The van der Waals surface area contributed by atoms with Crippen LogP contribution in [0.2, 0.25) is 5.02 Å². The standard InChI is InChI=1S/C20H17ClN2O2S.ClH/c1-10(22-2)11-3-5-12(6-4-11)16-15(24)9-14(21)18-17(16)13-7-8-26-19(13)20(25)23-18;/h3-10,22,24H,1-2H3,(H,23,25);1H. The summed E-state index contributed by atoms with van der Waals surface area (Å²) in [5, 5.41) is 17.6. The van der Waals surface area contributed by atoms with Crippen LogP contribution in [-0.4, -0.2) is 17.1 Å². The van der Waals surface area contributed by atoms with Gasteiger partial charge in [0, 0.05) is 28.4 Å². The van der Waals surface area contributed by atoms with E-state index in [9.17, 15) is 9.90 Å². The summed E-state index contributed by atoms with van der Waals surface area (Å²) in [4.78, 5) is 15.2. The lowest BCUT2D eigenvalue weighted by atomic mass is 9.95. The minimum Gasteiger partial charge on any atom is -0.507 e. The number of pyridine rings is 1. The van der Waals surface area contributed by atoms with Crippen molar-refractivity contribution in [2.75, 3.05) is 7.05 Å². The number of rotatable bonds is 3.